The average molecular weight is 306 g/mol. The van der Waals surface area contributed by atoms with Gasteiger partial charge in [-0.1, -0.05) is 45.0 Å². The van der Waals surface area contributed by atoms with Crippen molar-refractivity contribution < 1.29 is 9.32 Å². The van der Waals surface area contributed by atoms with Gasteiger partial charge in [0.05, 0.1) is 5.60 Å². The fourth-order valence-electron chi connectivity index (χ4n) is 3.82. The topological polar surface area (TPSA) is 37.3 Å². The van der Waals surface area contributed by atoms with Crippen molar-refractivity contribution in [2.75, 3.05) is 0 Å². The van der Waals surface area contributed by atoms with Crippen molar-refractivity contribution in [1.82, 2.24) is 0 Å². The third-order valence-electron chi connectivity index (χ3n) is 5.04. The highest BCUT2D eigenvalue weighted by atomic mass is 32.2. The molecule has 0 aliphatic carbocycles. The fourth-order valence-corrected chi connectivity index (χ4v) is 6.05. The van der Waals surface area contributed by atoms with Crippen LogP contribution in [-0.2, 0) is 22.6 Å². The summed E-state index contributed by atoms with van der Waals surface area (Å²) in [6.07, 6.45) is 4.17. The predicted octanol–water partition coefficient (Wildman–Crippen LogP) is 3.33. The van der Waals surface area contributed by atoms with Crippen LogP contribution >= 0.6 is 0 Å². The first kappa shape index (κ1) is 15.2. The van der Waals surface area contributed by atoms with Crippen LogP contribution in [-0.4, -0.2) is 25.4 Å². The van der Waals surface area contributed by atoms with Crippen molar-refractivity contribution in [3.8, 4) is 0 Å². The van der Waals surface area contributed by atoms with Crippen molar-refractivity contribution in [2.24, 2.45) is 0 Å². The van der Waals surface area contributed by atoms with Gasteiger partial charge in [-0.3, -0.25) is 4.21 Å². The molecule has 2 aliphatic heterocycles. The fraction of sp³-hybridized carbons (Fsp3) is 0.667. The molecule has 0 amide bonds. The smallest absolute Gasteiger partial charge is 0.0710 e. The third-order valence-corrected chi connectivity index (χ3v) is 7.15. The second kappa shape index (κ2) is 5.20. The second-order valence-electron chi connectivity index (χ2n) is 7.91. The van der Waals surface area contributed by atoms with Crippen LogP contribution in [0.2, 0.25) is 0 Å². The maximum absolute atomic E-state index is 12.1. The molecule has 2 heterocycles. The SMILES string of the molecule is CC(C)(C)c1ccc(CC2(O)CC3CCC(C2)S3=O)cc1. The van der Waals surface area contributed by atoms with Gasteiger partial charge in [0, 0.05) is 27.7 Å². The van der Waals surface area contributed by atoms with Crippen LogP contribution in [0.5, 0.6) is 0 Å². The van der Waals surface area contributed by atoms with E-state index in [1.807, 2.05) is 0 Å². The Bertz CT molecular complexity index is 525. The quantitative estimate of drug-likeness (QED) is 0.910. The molecule has 2 saturated heterocycles. The highest BCUT2D eigenvalue weighted by molar-refractivity contribution is 7.86. The van der Waals surface area contributed by atoms with E-state index in [1.54, 1.807) is 0 Å². The summed E-state index contributed by atoms with van der Waals surface area (Å²) < 4.78 is 12.1. The molecule has 21 heavy (non-hydrogen) atoms. The van der Waals surface area contributed by atoms with Crippen molar-refractivity contribution in [3.63, 3.8) is 0 Å². The lowest BCUT2D eigenvalue weighted by Crippen LogP contribution is -2.44. The Kier molecular flexibility index (Phi) is 3.77. The van der Waals surface area contributed by atoms with E-state index < -0.39 is 16.4 Å². The first-order valence-electron chi connectivity index (χ1n) is 7.98. The normalized spacial score (nSPS) is 35.9. The van der Waals surface area contributed by atoms with Crippen LogP contribution in [0, 0.1) is 0 Å². The summed E-state index contributed by atoms with van der Waals surface area (Å²) in [5.41, 5.74) is 2.03. The van der Waals surface area contributed by atoms with Crippen LogP contribution in [0.3, 0.4) is 0 Å². The van der Waals surface area contributed by atoms with Gasteiger partial charge >= 0.3 is 0 Å². The van der Waals surface area contributed by atoms with E-state index in [4.69, 9.17) is 0 Å². The van der Waals surface area contributed by atoms with Gasteiger partial charge in [-0.05, 0) is 42.2 Å². The van der Waals surface area contributed by atoms with Crippen molar-refractivity contribution in [2.45, 2.75) is 74.4 Å². The molecule has 1 N–H and O–H groups in total. The summed E-state index contributed by atoms with van der Waals surface area (Å²) in [5, 5.41) is 11.4. The summed E-state index contributed by atoms with van der Waals surface area (Å²) in [5.74, 6) is 0. The lowest BCUT2D eigenvalue weighted by Gasteiger charge is -2.36. The van der Waals surface area contributed by atoms with E-state index >= 15 is 0 Å². The number of hydrogen-bond donors (Lipinski definition) is 1. The van der Waals surface area contributed by atoms with E-state index in [0.29, 0.717) is 19.3 Å². The van der Waals surface area contributed by atoms with E-state index in [1.165, 1.54) is 11.1 Å². The maximum atomic E-state index is 12.1. The predicted molar refractivity (Wildman–Crippen MR) is 88.0 cm³/mol. The first-order valence-corrected chi connectivity index (χ1v) is 9.26. The van der Waals surface area contributed by atoms with E-state index in [-0.39, 0.29) is 15.9 Å². The Morgan fingerprint density at radius 3 is 2.14 bits per heavy atom. The van der Waals surface area contributed by atoms with Gasteiger partial charge in [-0.2, -0.15) is 0 Å². The van der Waals surface area contributed by atoms with Crippen LogP contribution in [0.1, 0.15) is 57.6 Å². The molecule has 2 fully saturated rings. The first-order chi connectivity index (χ1) is 9.77. The highest BCUT2D eigenvalue weighted by Crippen LogP contribution is 2.42. The minimum absolute atomic E-state index is 0.163. The summed E-state index contributed by atoms with van der Waals surface area (Å²) >= 11 is 0. The summed E-state index contributed by atoms with van der Waals surface area (Å²) in [7, 11) is -0.699. The van der Waals surface area contributed by atoms with Gasteiger partial charge in [0.2, 0.25) is 0 Å². The lowest BCUT2D eigenvalue weighted by atomic mass is 9.84. The largest absolute Gasteiger partial charge is 0.389 e. The summed E-state index contributed by atoms with van der Waals surface area (Å²) in [4.78, 5) is 0. The second-order valence-corrected chi connectivity index (χ2v) is 9.90. The molecule has 2 nitrogen and oxygen atoms in total. The Balaban J connectivity index is 1.73. The lowest BCUT2D eigenvalue weighted by molar-refractivity contribution is 0.0230. The van der Waals surface area contributed by atoms with Crippen LogP contribution < -0.4 is 0 Å². The molecule has 3 heteroatoms. The minimum Gasteiger partial charge on any atom is -0.389 e. The molecule has 0 spiro atoms. The zero-order chi connectivity index (χ0) is 15.3. The van der Waals surface area contributed by atoms with E-state index in [2.05, 4.69) is 45.0 Å². The molecule has 2 aliphatic rings. The Labute approximate surface area is 130 Å². The summed E-state index contributed by atoms with van der Waals surface area (Å²) in [6.45, 7) is 6.64. The monoisotopic (exact) mass is 306 g/mol. The highest BCUT2D eigenvalue weighted by Gasteiger charge is 2.47. The molecule has 2 atom stereocenters. The van der Waals surface area contributed by atoms with Gasteiger partial charge < -0.3 is 5.11 Å². The molecular formula is C18H26O2S. The molecule has 1 aromatic rings. The van der Waals surface area contributed by atoms with Crippen LogP contribution in [0.15, 0.2) is 24.3 Å². The number of fused-ring (bicyclic) bond motifs is 2. The van der Waals surface area contributed by atoms with Gasteiger partial charge in [-0.25, -0.2) is 0 Å². The third kappa shape index (κ3) is 3.09. The van der Waals surface area contributed by atoms with E-state index in [0.717, 1.165) is 12.8 Å². The van der Waals surface area contributed by atoms with Crippen LogP contribution in [0.4, 0.5) is 0 Å². The number of benzene rings is 1. The van der Waals surface area contributed by atoms with Crippen molar-refractivity contribution in [3.05, 3.63) is 35.4 Å². The number of rotatable bonds is 2. The standard InChI is InChI=1S/C18H26O2S/c1-17(2,3)14-6-4-13(5-7-14)10-18(19)11-15-8-9-16(12-18)21(15)20/h4-7,15-16,19H,8-12H2,1-3H3. The maximum Gasteiger partial charge on any atom is 0.0710 e. The van der Waals surface area contributed by atoms with Crippen molar-refractivity contribution >= 4 is 10.8 Å². The molecule has 0 aromatic heterocycles. The molecule has 0 saturated carbocycles. The molecule has 2 unspecified atom stereocenters. The molecule has 2 bridgehead atoms. The minimum atomic E-state index is -0.699. The molecule has 0 radical (unpaired) electrons. The van der Waals surface area contributed by atoms with Crippen molar-refractivity contribution in [1.29, 1.82) is 0 Å². The molecule has 3 rings (SSSR count). The van der Waals surface area contributed by atoms with Gasteiger partial charge in [0.25, 0.3) is 0 Å². The summed E-state index contributed by atoms with van der Waals surface area (Å²) in [6, 6.07) is 8.64. The van der Waals surface area contributed by atoms with Gasteiger partial charge in [-0.15, -0.1) is 0 Å². The Hall–Kier alpha value is -0.670. The Morgan fingerprint density at radius 1 is 1.14 bits per heavy atom. The van der Waals surface area contributed by atoms with Gasteiger partial charge in [0.15, 0.2) is 0 Å². The zero-order valence-electron chi connectivity index (χ0n) is 13.3. The van der Waals surface area contributed by atoms with Gasteiger partial charge in [0.1, 0.15) is 0 Å². The molecular weight excluding hydrogens is 280 g/mol. The number of aliphatic hydroxyl groups is 1. The Morgan fingerprint density at radius 2 is 1.67 bits per heavy atom. The molecule has 116 valence electrons. The zero-order valence-corrected chi connectivity index (χ0v) is 14.1. The average Bonchev–Trinajstić information content (AvgIpc) is 2.61. The van der Waals surface area contributed by atoms with Crippen LogP contribution in [0.25, 0.3) is 0 Å². The van der Waals surface area contributed by atoms with E-state index in [9.17, 15) is 9.32 Å². The molecule has 1 aromatic carbocycles. The number of hydrogen-bond acceptors (Lipinski definition) is 2.